The largest absolute Gasteiger partial charge is 0.446 e. The average Bonchev–Trinajstić information content (AvgIpc) is 3.69. The number of amides is 2. The topological polar surface area (TPSA) is 96.6 Å². The molecule has 2 fully saturated rings. The summed E-state index contributed by atoms with van der Waals surface area (Å²) in [4.78, 5) is 27.0. The fraction of sp³-hybridized carbons (Fsp3) is 0.433. The number of hydrogen-bond acceptors (Lipinski definition) is 5. The Hall–Kier alpha value is -3.83. The number of rotatable bonds is 9. The third kappa shape index (κ3) is 5.11. The summed E-state index contributed by atoms with van der Waals surface area (Å²) in [6.07, 6.45) is 4.87. The van der Waals surface area contributed by atoms with Crippen molar-refractivity contribution in [1.82, 2.24) is 9.47 Å². The van der Waals surface area contributed by atoms with Crippen molar-refractivity contribution in [2.24, 2.45) is 5.92 Å². The number of anilines is 1. The van der Waals surface area contributed by atoms with Gasteiger partial charge in [-0.05, 0) is 74.8 Å². The van der Waals surface area contributed by atoms with E-state index in [1.807, 2.05) is 43.3 Å². The lowest BCUT2D eigenvalue weighted by atomic mass is 9.92. The Balaban J connectivity index is 1.47. The van der Waals surface area contributed by atoms with E-state index in [0.29, 0.717) is 35.9 Å². The number of benzene rings is 2. The van der Waals surface area contributed by atoms with Gasteiger partial charge in [-0.15, -0.1) is 0 Å². The number of ether oxygens (including phenoxy) is 2. The standard InChI is InChI=1S/C30H34N4O4/c1-19(20-7-8-20)38-30(36)32-23-12-9-21(10-13-23)28-26(18-31)25-14-11-22(29(35)33(2)15-16-37-3)17-27(25)34(28)24-5-4-6-24/h9-14,17,19-20,24H,4-8,15-16H2,1-3H3,(H,32,36)/t19-/m1/s1. The van der Waals surface area contributed by atoms with Crippen LogP contribution in [0.3, 0.4) is 0 Å². The van der Waals surface area contributed by atoms with Gasteiger partial charge in [0.1, 0.15) is 12.2 Å². The number of methoxy groups -OCH3 is 1. The van der Waals surface area contributed by atoms with Crippen LogP contribution in [-0.4, -0.2) is 54.9 Å². The van der Waals surface area contributed by atoms with Crippen LogP contribution in [0.5, 0.6) is 0 Å². The molecular weight excluding hydrogens is 480 g/mol. The Bertz CT molecular complexity index is 1380. The third-order valence-corrected chi connectivity index (χ3v) is 7.76. The first-order valence-electron chi connectivity index (χ1n) is 13.3. The fourth-order valence-corrected chi connectivity index (χ4v) is 5.10. The zero-order chi connectivity index (χ0) is 26.8. The second-order valence-corrected chi connectivity index (χ2v) is 10.4. The molecule has 0 bridgehead atoms. The van der Waals surface area contributed by atoms with Crippen LogP contribution in [0.25, 0.3) is 22.2 Å². The Kier molecular flexibility index (Phi) is 7.39. The van der Waals surface area contributed by atoms with E-state index in [1.165, 1.54) is 0 Å². The molecule has 38 heavy (non-hydrogen) atoms. The van der Waals surface area contributed by atoms with Crippen molar-refractivity contribution in [2.45, 2.75) is 51.2 Å². The molecule has 8 nitrogen and oxygen atoms in total. The lowest BCUT2D eigenvalue weighted by Crippen LogP contribution is -2.29. The quantitative estimate of drug-likeness (QED) is 0.379. The molecule has 1 heterocycles. The number of nitrogens with one attached hydrogen (secondary N) is 1. The molecule has 198 valence electrons. The molecule has 1 N–H and O–H groups in total. The van der Waals surface area contributed by atoms with Gasteiger partial charge < -0.3 is 18.9 Å². The minimum absolute atomic E-state index is 0.0799. The van der Waals surface area contributed by atoms with Crippen molar-refractivity contribution in [2.75, 3.05) is 32.6 Å². The van der Waals surface area contributed by atoms with E-state index >= 15 is 0 Å². The van der Waals surface area contributed by atoms with E-state index in [-0.39, 0.29) is 18.1 Å². The minimum Gasteiger partial charge on any atom is -0.446 e. The zero-order valence-electron chi connectivity index (χ0n) is 22.2. The summed E-state index contributed by atoms with van der Waals surface area (Å²) in [5.41, 5.74) is 4.45. The van der Waals surface area contributed by atoms with E-state index in [0.717, 1.165) is 54.3 Å². The highest BCUT2D eigenvalue weighted by Gasteiger charge is 2.31. The Morgan fingerprint density at radius 2 is 1.89 bits per heavy atom. The molecule has 3 aromatic rings. The van der Waals surface area contributed by atoms with Gasteiger partial charge >= 0.3 is 6.09 Å². The van der Waals surface area contributed by atoms with Crippen LogP contribution in [0, 0.1) is 17.2 Å². The number of carbonyl (C=O) groups is 2. The molecule has 1 atom stereocenters. The molecule has 2 amide bonds. The number of carbonyl (C=O) groups excluding carboxylic acids is 2. The maximum atomic E-state index is 13.1. The first-order chi connectivity index (χ1) is 18.4. The number of nitriles is 1. The van der Waals surface area contributed by atoms with E-state index < -0.39 is 6.09 Å². The smallest absolute Gasteiger partial charge is 0.411 e. The second kappa shape index (κ2) is 10.9. The van der Waals surface area contributed by atoms with Gasteiger partial charge in [0, 0.05) is 43.4 Å². The number of likely N-dealkylation sites (N-methyl/N-ethyl adjacent to an activating group) is 1. The van der Waals surface area contributed by atoms with Crippen LogP contribution in [0.4, 0.5) is 10.5 Å². The lowest BCUT2D eigenvalue weighted by Gasteiger charge is -2.30. The summed E-state index contributed by atoms with van der Waals surface area (Å²) in [5, 5.41) is 13.9. The summed E-state index contributed by atoms with van der Waals surface area (Å²) in [7, 11) is 3.38. The first kappa shape index (κ1) is 25.8. The maximum absolute atomic E-state index is 13.1. The number of hydrogen-bond donors (Lipinski definition) is 1. The Morgan fingerprint density at radius 3 is 2.50 bits per heavy atom. The lowest BCUT2D eigenvalue weighted by molar-refractivity contribution is 0.0744. The van der Waals surface area contributed by atoms with Crippen molar-refractivity contribution in [1.29, 1.82) is 5.26 Å². The van der Waals surface area contributed by atoms with E-state index in [2.05, 4.69) is 16.0 Å². The van der Waals surface area contributed by atoms with E-state index in [4.69, 9.17) is 9.47 Å². The first-order valence-corrected chi connectivity index (χ1v) is 13.3. The van der Waals surface area contributed by atoms with Gasteiger partial charge in [-0.2, -0.15) is 5.26 Å². The molecule has 2 aromatic carbocycles. The van der Waals surface area contributed by atoms with Crippen molar-refractivity contribution in [3.05, 3.63) is 53.6 Å². The zero-order valence-corrected chi connectivity index (χ0v) is 22.2. The molecule has 0 aliphatic heterocycles. The summed E-state index contributed by atoms with van der Waals surface area (Å²) in [6.45, 7) is 2.90. The van der Waals surface area contributed by atoms with Crippen molar-refractivity contribution >= 4 is 28.6 Å². The normalized spacial score (nSPS) is 15.9. The summed E-state index contributed by atoms with van der Waals surface area (Å²) >= 11 is 0. The number of fused-ring (bicyclic) bond motifs is 1. The molecule has 5 rings (SSSR count). The van der Waals surface area contributed by atoms with Gasteiger partial charge in [0.25, 0.3) is 5.91 Å². The monoisotopic (exact) mass is 514 g/mol. The summed E-state index contributed by atoms with van der Waals surface area (Å²) < 4.78 is 12.8. The molecular formula is C30H34N4O4. The van der Waals surface area contributed by atoms with E-state index in [1.54, 1.807) is 25.1 Å². The van der Waals surface area contributed by atoms with Crippen LogP contribution in [0.15, 0.2) is 42.5 Å². The Labute approximate surface area is 223 Å². The molecule has 0 unspecified atom stereocenters. The molecule has 0 saturated heterocycles. The number of nitrogens with zero attached hydrogens (tertiary/aromatic N) is 3. The molecule has 0 radical (unpaired) electrons. The molecule has 2 aliphatic rings. The van der Waals surface area contributed by atoms with E-state index in [9.17, 15) is 14.9 Å². The van der Waals surface area contributed by atoms with Crippen LogP contribution in [0.2, 0.25) is 0 Å². The summed E-state index contributed by atoms with van der Waals surface area (Å²) in [5.74, 6) is 0.395. The van der Waals surface area contributed by atoms with Gasteiger partial charge in [-0.3, -0.25) is 10.1 Å². The highest BCUT2D eigenvalue weighted by molar-refractivity contribution is 6.01. The van der Waals surface area contributed by atoms with Crippen LogP contribution >= 0.6 is 0 Å². The highest BCUT2D eigenvalue weighted by atomic mass is 16.6. The predicted octanol–water partition coefficient (Wildman–Crippen LogP) is 5.97. The average molecular weight is 515 g/mol. The van der Waals surface area contributed by atoms with Crippen molar-refractivity contribution in [3.63, 3.8) is 0 Å². The molecule has 0 spiro atoms. The van der Waals surface area contributed by atoms with Gasteiger partial charge in [0.2, 0.25) is 0 Å². The molecule has 1 aromatic heterocycles. The van der Waals surface area contributed by atoms with Gasteiger partial charge in [-0.1, -0.05) is 18.2 Å². The highest BCUT2D eigenvalue weighted by Crippen LogP contribution is 2.43. The molecule has 8 heteroatoms. The van der Waals surface area contributed by atoms with Crippen molar-refractivity contribution in [3.8, 4) is 17.3 Å². The van der Waals surface area contributed by atoms with Crippen LogP contribution in [-0.2, 0) is 9.47 Å². The molecule has 2 saturated carbocycles. The fourth-order valence-electron chi connectivity index (χ4n) is 5.10. The van der Waals surface area contributed by atoms with Gasteiger partial charge in [0.15, 0.2) is 0 Å². The molecule has 2 aliphatic carbocycles. The van der Waals surface area contributed by atoms with Gasteiger partial charge in [-0.25, -0.2) is 4.79 Å². The predicted molar refractivity (Wildman–Crippen MR) is 146 cm³/mol. The van der Waals surface area contributed by atoms with Gasteiger partial charge in [0.05, 0.1) is 23.4 Å². The van der Waals surface area contributed by atoms with Crippen LogP contribution < -0.4 is 5.32 Å². The van der Waals surface area contributed by atoms with Crippen molar-refractivity contribution < 1.29 is 19.1 Å². The number of aromatic nitrogens is 1. The second-order valence-electron chi connectivity index (χ2n) is 10.4. The SMILES string of the molecule is COCCN(C)C(=O)c1ccc2c(C#N)c(-c3ccc(NC(=O)O[C@H](C)C4CC4)cc3)n(C3CCC3)c2c1. The third-order valence-electron chi connectivity index (χ3n) is 7.76. The van der Waals surface area contributed by atoms with Crippen LogP contribution in [0.1, 0.15) is 61.0 Å². The minimum atomic E-state index is -0.453. The Morgan fingerprint density at radius 1 is 1.16 bits per heavy atom. The summed E-state index contributed by atoms with van der Waals surface area (Å²) in [6, 6.07) is 15.8. The maximum Gasteiger partial charge on any atom is 0.411 e.